The van der Waals surface area contributed by atoms with Crippen LogP contribution in [0, 0.1) is 12.8 Å². The number of benzene rings is 2. The average molecular weight is 593 g/mol. The van der Waals surface area contributed by atoms with Gasteiger partial charge in [0.1, 0.15) is 23.1 Å². The van der Waals surface area contributed by atoms with E-state index < -0.39 is 35.8 Å². The Bertz CT molecular complexity index is 1550. The van der Waals surface area contributed by atoms with Crippen LogP contribution in [0.2, 0.25) is 0 Å². The molecule has 43 heavy (non-hydrogen) atoms. The number of aromatic nitrogens is 1. The number of carboxylic acid groups (broad SMARTS) is 2. The van der Waals surface area contributed by atoms with Crippen LogP contribution in [0.15, 0.2) is 48.5 Å². The normalized spacial score (nSPS) is 13.7. The molecule has 1 saturated heterocycles. The van der Waals surface area contributed by atoms with E-state index in [1.54, 1.807) is 31.2 Å². The van der Waals surface area contributed by atoms with Gasteiger partial charge in [0, 0.05) is 44.2 Å². The van der Waals surface area contributed by atoms with Crippen molar-refractivity contribution in [3.63, 3.8) is 0 Å². The van der Waals surface area contributed by atoms with Crippen LogP contribution < -0.4 is 10.1 Å². The van der Waals surface area contributed by atoms with E-state index in [1.165, 1.54) is 28.0 Å². The molecule has 4 rings (SSSR count). The number of rotatable bonds is 10. The summed E-state index contributed by atoms with van der Waals surface area (Å²) in [6, 6.07) is 12.8. The standard InChI is InChI=1S/C30H32N4O9/c1-3-42-30(41)34-13-11-33(12-14-34)27(36)22(29(39)40)9-10-31-26(35)24-17-25(21-8-7-18(2)15-23(21)32-24)43-20-6-4-5-19(16-20)28(37)38/h4-8,15-17,22H,3,9-14H2,1-2H3,(H,31,35)(H,37,38)(H,39,40). The monoisotopic (exact) mass is 592 g/mol. The van der Waals surface area contributed by atoms with Gasteiger partial charge in [-0.1, -0.05) is 12.1 Å². The highest BCUT2D eigenvalue weighted by atomic mass is 16.6. The van der Waals surface area contributed by atoms with Gasteiger partial charge in [0.05, 0.1) is 17.7 Å². The topological polar surface area (TPSA) is 176 Å². The van der Waals surface area contributed by atoms with Crippen LogP contribution in [0.3, 0.4) is 0 Å². The fraction of sp³-hybridized carbons (Fsp3) is 0.333. The first-order valence-electron chi connectivity index (χ1n) is 13.7. The number of hydrogen-bond acceptors (Lipinski definition) is 8. The first-order valence-corrected chi connectivity index (χ1v) is 13.7. The minimum absolute atomic E-state index is 0.00391. The maximum Gasteiger partial charge on any atom is 0.409 e. The van der Waals surface area contributed by atoms with E-state index in [0.29, 0.717) is 10.9 Å². The lowest BCUT2D eigenvalue weighted by Gasteiger charge is -2.35. The number of aryl methyl sites for hydroxylation is 1. The van der Waals surface area contributed by atoms with E-state index in [2.05, 4.69) is 10.3 Å². The summed E-state index contributed by atoms with van der Waals surface area (Å²) in [6.07, 6.45) is -0.636. The van der Waals surface area contributed by atoms with Crippen molar-refractivity contribution in [2.75, 3.05) is 39.3 Å². The molecule has 1 fully saturated rings. The van der Waals surface area contributed by atoms with Gasteiger partial charge in [-0.3, -0.25) is 14.4 Å². The van der Waals surface area contributed by atoms with Crippen molar-refractivity contribution in [2.24, 2.45) is 5.92 Å². The molecular weight excluding hydrogens is 560 g/mol. The van der Waals surface area contributed by atoms with Crippen LogP contribution in [-0.4, -0.2) is 94.2 Å². The molecule has 0 spiro atoms. The highest BCUT2D eigenvalue weighted by Gasteiger charge is 2.33. The number of carbonyl (C=O) groups excluding carboxylic acids is 3. The lowest BCUT2D eigenvalue weighted by molar-refractivity contribution is -0.152. The minimum atomic E-state index is -1.39. The molecular formula is C30H32N4O9. The van der Waals surface area contributed by atoms with Crippen LogP contribution in [0.1, 0.15) is 39.8 Å². The number of piperazine rings is 1. The summed E-state index contributed by atoms with van der Waals surface area (Å²) in [4.78, 5) is 68.6. The summed E-state index contributed by atoms with van der Waals surface area (Å²) in [5, 5.41) is 22.3. The number of amides is 3. The van der Waals surface area contributed by atoms with Crippen LogP contribution >= 0.6 is 0 Å². The van der Waals surface area contributed by atoms with Crippen LogP contribution in [0.25, 0.3) is 10.9 Å². The van der Waals surface area contributed by atoms with Gasteiger partial charge in [0.25, 0.3) is 5.91 Å². The third kappa shape index (κ3) is 7.56. The molecule has 3 aromatic rings. The van der Waals surface area contributed by atoms with Gasteiger partial charge in [-0.25, -0.2) is 14.6 Å². The smallest absolute Gasteiger partial charge is 0.409 e. The number of fused-ring (bicyclic) bond motifs is 1. The maximum absolute atomic E-state index is 13.1. The first kappa shape index (κ1) is 30.8. The molecule has 0 radical (unpaired) electrons. The number of carboxylic acids is 2. The van der Waals surface area contributed by atoms with Gasteiger partial charge in [0.15, 0.2) is 0 Å². The largest absolute Gasteiger partial charge is 0.481 e. The van der Waals surface area contributed by atoms with Crippen molar-refractivity contribution < 1.29 is 43.7 Å². The van der Waals surface area contributed by atoms with Crippen molar-refractivity contribution in [1.29, 1.82) is 0 Å². The number of aromatic carboxylic acids is 1. The van der Waals surface area contributed by atoms with Crippen LogP contribution in [0.5, 0.6) is 11.5 Å². The lowest BCUT2D eigenvalue weighted by Crippen LogP contribution is -2.53. The summed E-state index contributed by atoms with van der Waals surface area (Å²) < 4.78 is 10.9. The van der Waals surface area contributed by atoms with Crippen LogP contribution in [-0.2, 0) is 14.3 Å². The molecule has 2 heterocycles. The molecule has 1 aliphatic heterocycles. The van der Waals surface area contributed by atoms with Crippen molar-refractivity contribution >= 4 is 40.7 Å². The molecule has 0 saturated carbocycles. The number of hydrogen-bond donors (Lipinski definition) is 3. The van der Waals surface area contributed by atoms with Crippen molar-refractivity contribution in [3.05, 3.63) is 65.4 Å². The molecule has 1 aliphatic rings. The summed E-state index contributed by atoms with van der Waals surface area (Å²) in [6.45, 7) is 4.48. The molecule has 0 bridgehead atoms. The molecule has 226 valence electrons. The number of carbonyl (C=O) groups is 5. The SMILES string of the molecule is CCOC(=O)N1CCN(C(=O)C(CCNC(=O)c2cc(Oc3cccc(C(=O)O)c3)c3ccc(C)cc3n2)C(=O)O)CC1. The average Bonchev–Trinajstić information content (AvgIpc) is 2.98. The summed E-state index contributed by atoms with van der Waals surface area (Å²) in [5.74, 6) is -4.48. The maximum atomic E-state index is 13.1. The van der Waals surface area contributed by atoms with E-state index >= 15 is 0 Å². The summed E-state index contributed by atoms with van der Waals surface area (Å²) in [7, 11) is 0. The van der Waals surface area contributed by atoms with Crippen molar-refractivity contribution in [1.82, 2.24) is 20.1 Å². The third-order valence-corrected chi connectivity index (χ3v) is 6.90. The Balaban J connectivity index is 1.44. The predicted octanol–water partition coefficient (Wildman–Crippen LogP) is 3.16. The van der Waals surface area contributed by atoms with Crippen LogP contribution in [0.4, 0.5) is 4.79 Å². The molecule has 2 aromatic carbocycles. The van der Waals surface area contributed by atoms with Crippen molar-refractivity contribution in [3.8, 4) is 11.5 Å². The zero-order valence-electron chi connectivity index (χ0n) is 23.7. The quantitative estimate of drug-likeness (QED) is 0.297. The molecule has 3 amide bonds. The lowest BCUT2D eigenvalue weighted by atomic mass is 10.0. The van der Waals surface area contributed by atoms with Gasteiger partial charge >= 0.3 is 18.0 Å². The van der Waals surface area contributed by atoms with Gasteiger partial charge < -0.3 is 34.8 Å². The fourth-order valence-corrected chi connectivity index (χ4v) is 4.64. The fourth-order valence-electron chi connectivity index (χ4n) is 4.64. The Kier molecular flexibility index (Phi) is 9.76. The molecule has 3 N–H and O–H groups in total. The van der Waals surface area contributed by atoms with Gasteiger partial charge in [0.2, 0.25) is 5.91 Å². The zero-order valence-corrected chi connectivity index (χ0v) is 23.7. The second-order valence-electron chi connectivity index (χ2n) is 9.91. The second-order valence-corrected chi connectivity index (χ2v) is 9.91. The van der Waals surface area contributed by atoms with E-state index in [1.807, 2.05) is 13.0 Å². The number of nitrogens with one attached hydrogen (secondary N) is 1. The Morgan fingerprint density at radius 1 is 0.977 bits per heavy atom. The molecule has 13 heteroatoms. The predicted molar refractivity (Wildman–Crippen MR) is 153 cm³/mol. The molecule has 1 aromatic heterocycles. The third-order valence-electron chi connectivity index (χ3n) is 6.90. The second kappa shape index (κ2) is 13.6. The summed E-state index contributed by atoms with van der Waals surface area (Å²) in [5.41, 5.74) is 1.39. The number of nitrogens with zero attached hydrogens (tertiary/aromatic N) is 3. The van der Waals surface area contributed by atoms with Crippen molar-refractivity contribution in [2.45, 2.75) is 20.3 Å². The molecule has 1 atom stereocenters. The molecule has 1 unspecified atom stereocenters. The van der Waals surface area contributed by atoms with E-state index in [0.717, 1.165) is 5.56 Å². The molecule has 13 nitrogen and oxygen atoms in total. The minimum Gasteiger partial charge on any atom is -0.481 e. The zero-order chi connectivity index (χ0) is 31.1. The van der Waals surface area contributed by atoms with Gasteiger partial charge in [-0.15, -0.1) is 0 Å². The number of aliphatic carboxylic acids is 1. The summed E-state index contributed by atoms with van der Waals surface area (Å²) >= 11 is 0. The van der Waals surface area contributed by atoms with E-state index in [4.69, 9.17) is 9.47 Å². The number of pyridine rings is 1. The number of ether oxygens (including phenoxy) is 2. The van der Waals surface area contributed by atoms with Gasteiger partial charge in [-0.2, -0.15) is 0 Å². The Labute approximate surface area is 247 Å². The molecule has 0 aliphatic carbocycles. The Morgan fingerprint density at radius 2 is 1.70 bits per heavy atom. The Hall–Kier alpha value is -5.20. The van der Waals surface area contributed by atoms with E-state index in [9.17, 15) is 34.2 Å². The van der Waals surface area contributed by atoms with Gasteiger partial charge in [-0.05, 0) is 56.2 Å². The van der Waals surface area contributed by atoms with E-state index in [-0.39, 0.29) is 68.5 Å². The Morgan fingerprint density at radius 3 is 2.37 bits per heavy atom. The highest BCUT2D eigenvalue weighted by Crippen LogP contribution is 2.31. The first-order chi connectivity index (χ1) is 20.6. The highest BCUT2D eigenvalue weighted by molar-refractivity contribution is 5.98.